The lowest BCUT2D eigenvalue weighted by atomic mass is 10.0. The molecule has 2 aromatic heterocycles. The fourth-order valence-corrected chi connectivity index (χ4v) is 3.88. The summed E-state index contributed by atoms with van der Waals surface area (Å²) in [6.45, 7) is -0.0976. The standard InChI is InChI=1S/C20H17N5O2/c1-24-19-15(9-22-24)20(27)25(11-21-19)10-17(26)23-16-8-7-13-6-5-12-3-2-4-14(16)18(12)13/h2-4,7-9,11H,5-6,10H2,1H3,(H,23,26). The normalized spacial score (nSPS) is 12.8. The molecule has 0 saturated carbocycles. The van der Waals surface area contributed by atoms with Crippen LogP contribution in [0.4, 0.5) is 5.69 Å². The lowest BCUT2D eigenvalue weighted by Crippen LogP contribution is -2.27. The van der Waals surface area contributed by atoms with E-state index in [0.717, 1.165) is 23.9 Å². The molecule has 2 heterocycles. The van der Waals surface area contributed by atoms with Crippen molar-refractivity contribution in [3.63, 3.8) is 0 Å². The van der Waals surface area contributed by atoms with Crippen LogP contribution in [0.15, 0.2) is 47.7 Å². The van der Waals surface area contributed by atoms with Crippen LogP contribution >= 0.6 is 0 Å². The van der Waals surface area contributed by atoms with E-state index >= 15 is 0 Å². The van der Waals surface area contributed by atoms with Gasteiger partial charge in [-0.1, -0.05) is 24.3 Å². The van der Waals surface area contributed by atoms with Crippen molar-refractivity contribution in [2.24, 2.45) is 7.05 Å². The molecule has 0 spiro atoms. The van der Waals surface area contributed by atoms with Gasteiger partial charge in [-0.05, 0) is 35.4 Å². The van der Waals surface area contributed by atoms with E-state index in [-0.39, 0.29) is 18.0 Å². The number of anilines is 1. The summed E-state index contributed by atoms with van der Waals surface area (Å²) in [5, 5.41) is 9.68. The van der Waals surface area contributed by atoms with Crippen LogP contribution in [-0.2, 0) is 31.2 Å². The molecular formula is C20H17N5O2. The molecule has 0 radical (unpaired) electrons. The second-order valence-corrected chi connectivity index (χ2v) is 6.84. The van der Waals surface area contributed by atoms with Gasteiger partial charge in [0.15, 0.2) is 5.65 Å². The predicted molar refractivity (Wildman–Crippen MR) is 103 cm³/mol. The number of fused-ring (bicyclic) bond motifs is 1. The van der Waals surface area contributed by atoms with Crippen molar-refractivity contribution in [1.29, 1.82) is 0 Å². The van der Waals surface area contributed by atoms with Gasteiger partial charge >= 0.3 is 0 Å². The molecule has 134 valence electrons. The van der Waals surface area contributed by atoms with Gasteiger partial charge in [0.25, 0.3) is 5.56 Å². The largest absolute Gasteiger partial charge is 0.324 e. The highest BCUT2D eigenvalue weighted by Crippen LogP contribution is 2.34. The average molecular weight is 359 g/mol. The van der Waals surface area contributed by atoms with E-state index in [4.69, 9.17) is 0 Å². The van der Waals surface area contributed by atoms with Crippen molar-refractivity contribution in [3.8, 4) is 0 Å². The molecule has 4 aromatic rings. The van der Waals surface area contributed by atoms with E-state index in [0.29, 0.717) is 11.0 Å². The third-order valence-electron chi connectivity index (χ3n) is 5.18. The first-order chi connectivity index (χ1) is 13.1. The van der Waals surface area contributed by atoms with Crippen molar-refractivity contribution in [2.75, 3.05) is 5.32 Å². The Bertz CT molecular complexity index is 1270. The van der Waals surface area contributed by atoms with Crippen molar-refractivity contribution >= 4 is 33.4 Å². The number of hydrogen-bond donors (Lipinski definition) is 1. The van der Waals surface area contributed by atoms with Crippen LogP contribution in [0.3, 0.4) is 0 Å². The number of hydrogen-bond acceptors (Lipinski definition) is 4. The van der Waals surface area contributed by atoms with Gasteiger partial charge in [0.05, 0.1) is 6.20 Å². The third kappa shape index (κ3) is 2.43. The summed E-state index contributed by atoms with van der Waals surface area (Å²) < 4.78 is 2.84. The number of aryl methyl sites for hydroxylation is 3. The fourth-order valence-electron chi connectivity index (χ4n) is 3.88. The maximum Gasteiger partial charge on any atom is 0.264 e. The maximum absolute atomic E-state index is 12.6. The van der Waals surface area contributed by atoms with E-state index in [2.05, 4.69) is 27.5 Å². The third-order valence-corrected chi connectivity index (χ3v) is 5.18. The Morgan fingerprint density at radius 1 is 1.15 bits per heavy atom. The minimum Gasteiger partial charge on any atom is -0.324 e. The lowest BCUT2D eigenvalue weighted by molar-refractivity contribution is -0.116. The number of benzene rings is 2. The zero-order chi connectivity index (χ0) is 18.5. The summed E-state index contributed by atoms with van der Waals surface area (Å²) in [6, 6.07) is 10.2. The summed E-state index contributed by atoms with van der Waals surface area (Å²) >= 11 is 0. The van der Waals surface area contributed by atoms with E-state index in [1.807, 2.05) is 18.2 Å². The van der Waals surface area contributed by atoms with Gasteiger partial charge in [-0.3, -0.25) is 18.8 Å². The molecule has 2 aromatic carbocycles. The first-order valence-corrected chi connectivity index (χ1v) is 8.82. The second-order valence-electron chi connectivity index (χ2n) is 6.84. The quantitative estimate of drug-likeness (QED) is 0.607. The van der Waals surface area contributed by atoms with Crippen LogP contribution in [0.5, 0.6) is 0 Å². The summed E-state index contributed by atoms with van der Waals surface area (Å²) in [5.41, 5.74) is 3.64. The van der Waals surface area contributed by atoms with E-state index in [9.17, 15) is 9.59 Å². The molecule has 0 aliphatic heterocycles. The number of carbonyl (C=O) groups excluding carboxylic acids is 1. The van der Waals surface area contributed by atoms with E-state index in [1.165, 1.54) is 38.3 Å². The SMILES string of the molecule is Cn1ncc2c(=O)n(CC(=O)Nc3ccc4c5c(cccc35)CC4)cnc21. The van der Waals surface area contributed by atoms with E-state index < -0.39 is 0 Å². The zero-order valence-corrected chi connectivity index (χ0v) is 14.8. The van der Waals surface area contributed by atoms with Crippen molar-refractivity contribution < 1.29 is 4.79 Å². The molecule has 1 N–H and O–H groups in total. The van der Waals surface area contributed by atoms with Crippen molar-refractivity contribution in [3.05, 3.63) is 64.3 Å². The lowest BCUT2D eigenvalue weighted by Gasteiger charge is -2.11. The number of nitrogens with zero attached hydrogens (tertiary/aromatic N) is 4. The van der Waals surface area contributed by atoms with E-state index in [1.54, 1.807) is 7.05 Å². The van der Waals surface area contributed by atoms with Gasteiger partial charge < -0.3 is 5.32 Å². The van der Waals surface area contributed by atoms with Gasteiger partial charge in [-0.2, -0.15) is 5.10 Å². The number of rotatable bonds is 3. The molecule has 1 amide bonds. The summed E-state index contributed by atoms with van der Waals surface area (Å²) in [5.74, 6) is -0.263. The molecule has 5 rings (SSSR count). The Morgan fingerprint density at radius 3 is 2.81 bits per heavy atom. The molecule has 27 heavy (non-hydrogen) atoms. The Hall–Kier alpha value is -3.48. The van der Waals surface area contributed by atoms with Crippen LogP contribution in [-0.4, -0.2) is 25.2 Å². The molecule has 0 unspecified atom stereocenters. The molecular weight excluding hydrogens is 342 g/mol. The highest BCUT2D eigenvalue weighted by Gasteiger charge is 2.17. The minimum atomic E-state index is -0.274. The highest BCUT2D eigenvalue weighted by atomic mass is 16.2. The zero-order valence-electron chi connectivity index (χ0n) is 14.8. The molecule has 1 aliphatic rings. The maximum atomic E-state index is 12.6. The Morgan fingerprint density at radius 2 is 1.96 bits per heavy atom. The number of carbonyl (C=O) groups is 1. The predicted octanol–water partition coefficient (Wildman–Crippen LogP) is 2.02. The number of nitrogens with one attached hydrogen (secondary N) is 1. The number of aromatic nitrogens is 4. The van der Waals surface area contributed by atoms with Crippen LogP contribution in [0, 0.1) is 0 Å². The Balaban J connectivity index is 1.46. The van der Waals surface area contributed by atoms with Crippen LogP contribution in [0.2, 0.25) is 0 Å². The first kappa shape index (κ1) is 15.7. The summed E-state index contributed by atoms with van der Waals surface area (Å²) in [4.78, 5) is 29.3. The van der Waals surface area contributed by atoms with Gasteiger partial charge in [-0.15, -0.1) is 0 Å². The molecule has 0 bridgehead atoms. The monoisotopic (exact) mass is 359 g/mol. The van der Waals surface area contributed by atoms with Crippen LogP contribution < -0.4 is 10.9 Å². The molecule has 0 fully saturated rings. The summed E-state index contributed by atoms with van der Waals surface area (Å²) in [7, 11) is 1.72. The van der Waals surface area contributed by atoms with Crippen molar-refractivity contribution in [1.82, 2.24) is 19.3 Å². The van der Waals surface area contributed by atoms with Gasteiger partial charge in [-0.25, -0.2) is 4.98 Å². The van der Waals surface area contributed by atoms with Gasteiger partial charge in [0.1, 0.15) is 18.3 Å². The minimum absolute atomic E-state index is 0.0976. The molecule has 0 saturated heterocycles. The summed E-state index contributed by atoms with van der Waals surface area (Å²) in [6.07, 6.45) is 4.94. The van der Waals surface area contributed by atoms with Crippen molar-refractivity contribution in [2.45, 2.75) is 19.4 Å². The topological polar surface area (TPSA) is 81.8 Å². The molecule has 0 atom stereocenters. The Kier molecular flexibility index (Phi) is 3.36. The molecule has 7 nitrogen and oxygen atoms in total. The molecule has 1 aliphatic carbocycles. The van der Waals surface area contributed by atoms with Crippen LogP contribution in [0.1, 0.15) is 11.1 Å². The fraction of sp³-hybridized carbons (Fsp3) is 0.200. The van der Waals surface area contributed by atoms with Gasteiger partial charge in [0, 0.05) is 18.1 Å². The molecule has 7 heteroatoms. The van der Waals surface area contributed by atoms with Crippen LogP contribution in [0.25, 0.3) is 21.8 Å². The smallest absolute Gasteiger partial charge is 0.264 e. The second kappa shape index (κ2) is 5.77. The first-order valence-electron chi connectivity index (χ1n) is 8.82. The highest BCUT2D eigenvalue weighted by molar-refractivity contribution is 6.05. The average Bonchev–Trinajstić information content (AvgIpc) is 3.25. The Labute approximate surface area is 154 Å². The van der Waals surface area contributed by atoms with Gasteiger partial charge in [0.2, 0.25) is 5.91 Å². The number of amides is 1.